The summed E-state index contributed by atoms with van der Waals surface area (Å²) in [4.78, 5) is 0. The number of anilines is 1. The van der Waals surface area contributed by atoms with Crippen LogP contribution in [0.4, 0.5) is 5.82 Å². The molecule has 2 aromatic rings. The molecule has 0 atom stereocenters. The number of nitrogen functional groups attached to an aromatic ring is 1. The fourth-order valence-corrected chi connectivity index (χ4v) is 1.67. The summed E-state index contributed by atoms with van der Waals surface area (Å²) >= 11 is 0. The minimum atomic E-state index is -0.0746. The average molecular weight is 219 g/mol. The number of benzene rings is 1. The van der Waals surface area contributed by atoms with Gasteiger partial charge in [0.05, 0.1) is 19.9 Å². The first-order valence-electron chi connectivity index (χ1n) is 4.84. The Hall–Kier alpha value is -2.01. The molecule has 1 aromatic carbocycles. The zero-order valence-corrected chi connectivity index (χ0v) is 8.90. The number of nitrogens with zero attached hydrogens (tertiary/aromatic N) is 1. The molecule has 5 heteroatoms. The van der Waals surface area contributed by atoms with Gasteiger partial charge in [-0.15, -0.1) is 0 Å². The number of nitrogens with one attached hydrogen (secondary N) is 1. The molecule has 0 radical (unpaired) electrons. The summed E-state index contributed by atoms with van der Waals surface area (Å²) in [5.41, 5.74) is 8.06. The van der Waals surface area contributed by atoms with E-state index in [1.54, 1.807) is 19.4 Å². The lowest BCUT2D eigenvalue weighted by atomic mass is 10.0. The van der Waals surface area contributed by atoms with E-state index >= 15 is 0 Å². The van der Waals surface area contributed by atoms with Crippen LogP contribution in [0.25, 0.3) is 11.1 Å². The van der Waals surface area contributed by atoms with Crippen molar-refractivity contribution < 1.29 is 9.84 Å². The summed E-state index contributed by atoms with van der Waals surface area (Å²) in [5, 5.41) is 15.7. The molecule has 2 rings (SSSR count). The lowest BCUT2D eigenvalue weighted by Crippen LogP contribution is -1.96. The van der Waals surface area contributed by atoms with Crippen LogP contribution in [-0.4, -0.2) is 22.4 Å². The smallest absolute Gasteiger partial charge is 0.132 e. The topological polar surface area (TPSA) is 84.2 Å². The quantitative estimate of drug-likeness (QED) is 0.723. The predicted molar refractivity (Wildman–Crippen MR) is 60.9 cm³/mol. The van der Waals surface area contributed by atoms with Crippen molar-refractivity contribution in [3.05, 3.63) is 30.0 Å². The summed E-state index contributed by atoms with van der Waals surface area (Å²) in [6, 6.07) is 5.52. The molecule has 0 amide bonds. The summed E-state index contributed by atoms with van der Waals surface area (Å²) in [7, 11) is 1.56. The number of aliphatic hydroxyl groups is 1. The average Bonchev–Trinajstić information content (AvgIpc) is 2.74. The van der Waals surface area contributed by atoms with Gasteiger partial charge in [-0.3, -0.25) is 5.10 Å². The van der Waals surface area contributed by atoms with Gasteiger partial charge in [0, 0.05) is 16.7 Å². The first-order chi connectivity index (χ1) is 7.77. The second-order valence-corrected chi connectivity index (χ2v) is 3.35. The first-order valence-corrected chi connectivity index (χ1v) is 4.84. The van der Waals surface area contributed by atoms with Gasteiger partial charge in [-0.2, -0.15) is 5.10 Å². The van der Waals surface area contributed by atoms with Crippen LogP contribution in [0.15, 0.2) is 24.4 Å². The molecule has 16 heavy (non-hydrogen) atoms. The van der Waals surface area contributed by atoms with E-state index in [4.69, 9.17) is 10.5 Å². The highest BCUT2D eigenvalue weighted by molar-refractivity contribution is 5.79. The number of rotatable bonds is 3. The van der Waals surface area contributed by atoms with Crippen molar-refractivity contribution in [2.24, 2.45) is 0 Å². The van der Waals surface area contributed by atoms with Gasteiger partial charge < -0.3 is 15.6 Å². The van der Waals surface area contributed by atoms with Crippen LogP contribution in [0.2, 0.25) is 0 Å². The molecule has 0 unspecified atom stereocenters. The fourth-order valence-electron chi connectivity index (χ4n) is 1.67. The van der Waals surface area contributed by atoms with Crippen LogP contribution in [0.3, 0.4) is 0 Å². The molecule has 0 saturated carbocycles. The molecule has 0 aliphatic heterocycles. The lowest BCUT2D eigenvalue weighted by Gasteiger charge is -2.11. The number of aliphatic hydroxyl groups excluding tert-OH is 1. The number of hydrogen-bond donors (Lipinski definition) is 3. The molecule has 5 nitrogen and oxygen atoms in total. The molecular formula is C11H13N3O2. The largest absolute Gasteiger partial charge is 0.496 e. The van der Waals surface area contributed by atoms with Crippen molar-refractivity contribution in [3.63, 3.8) is 0 Å². The van der Waals surface area contributed by atoms with Gasteiger partial charge >= 0.3 is 0 Å². The van der Waals surface area contributed by atoms with Crippen LogP contribution in [-0.2, 0) is 6.61 Å². The highest BCUT2D eigenvalue weighted by Crippen LogP contribution is 2.35. The van der Waals surface area contributed by atoms with E-state index in [0.29, 0.717) is 11.6 Å². The van der Waals surface area contributed by atoms with Crippen LogP contribution in [0.5, 0.6) is 5.75 Å². The van der Waals surface area contributed by atoms with Crippen molar-refractivity contribution in [2.45, 2.75) is 6.61 Å². The minimum absolute atomic E-state index is 0.0746. The summed E-state index contributed by atoms with van der Waals surface area (Å²) in [6.45, 7) is -0.0746. The van der Waals surface area contributed by atoms with Crippen LogP contribution >= 0.6 is 0 Å². The fraction of sp³-hybridized carbons (Fsp3) is 0.182. The van der Waals surface area contributed by atoms with Gasteiger partial charge in [0.1, 0.15) is 11.6 Å². The van der Waals surface area contributed by atoms with Crippen molar-refractivity contribution in [2.75, 3.05) is 12.8 Å². The monoisotopic (exact) mass is 219 g/mol. The van der Waals surface area contributed by atoms with Crippen molar-refractivity contribution in [1.29, 1.82) is 0 Å². The SMILES string of the molecule is COc1c(CO)cccc1-c1cn[nH]c1N. The van der Waals surface area contributed by atoms with Crippen molar-refractivity contribution >= 4 is 5.82 Å². The zero-order chi connectivity index (χ0) is 11.5. The minimum Gasteiger partial charge on any atom is -0.496 e. The Morgan fingerprint density at radius 1 is 1.44 bits per heavy atom. The van der Waals surface area contributed by atoms with Crippen molar-refractivity contribution in [3.8, 4) is 16.9 Å². The molecule has 4 N–H and O–H groups in total. The third kappa shape index (κ3) is 1.61. The van der Waals surface area contributed by atoms with E-state index in [9.17, 15) is 5.11 Å². The first kappa shape index (κ1) is 10.5. The van der Waals surface area contributed by atoms with E-state index < -0.39 is 0 Å². The van der Waals surface area contributed by atoms with Gasteiger partial charge in [0.2, 0.25) is 0 Å². The van der Waals surface area contributed by atoms with E-state index in [-0.39, 0.29) is 6.61 Å². The van der Waals surface area contributed by atoms with Gasteiger partial charge in [0.15, 0.2) is 0 Å². The Bertz CT molecular complexity index is 494. The molecule has 0 aliphatic carbocycles. The zero-order valence-electron chi connectivity index (χ0n) is 8.90. The third-order valence-electron chi connectivity index (χ3n) is 2.43. The number of aromatic amines is 1. The molecule has 0 spiro atoms. The molecule has 0 saturated heterocycles. The van der Waals surface area contributed by atoms with Crippen molar-refractivity contribution in [1.82, 2.24) is 10.2 Å². The maximum Gasteiger partial charge on any atom is 0.132 e. The molecule has 1 heterocycles. The molecule has 84 valence electrons. The Labute approximate surface area is 92.9 Å². The number of methoxy groups -OCH3 is 1. The van der Waals surface area contributed by atoms with Gasteiger partial charge in [-0.25, -0.2) is 0 Å². The lowest BCUT2D eigenvalue weighted by molar-refractivity contribution is 0.274. The van der Waals surface area contributed by atoms with Crippen LogP contribution in [0.1, 0.15) is 5.56 Å². The molecular weight excluding hydrogens is 206 g/mol. The summed E-state index contributed by atoms with van der Waals surface area (Å²) in [6.07, 6.45) is 1.63. The maximum absolute atomic E-state index is 9.21. The standard InChI is InChI=1S/C11H13N3O2/c1-16-10-7(6-15)3-2-4-8(10)9-5-13-14-11(9)12/h2-5,15H,6H2,1H3,(H3,12,13,14). The predicted octanol–water partition coefficient (Wildman–Crippen LogP) is 1.16. The number of H-pyrrole nitrogens is 1. The third-order valence-corrected chi connectivity index (χ3v) is 2.43. The van der Waals surface area contributed by atoms with Gasteiger partial charge in [-0.05, 0) is 0 Å². The second-order valence-electron chi connectivity index (χ2n) is 3.35. The normalized spacial score (nSPS) is 10.4. The number of hydrogen-bond acceptors (Lipinski definition) is 4. The Kier molecular flexibility index (Phi) is 2.78. The van der Waals surface area contributed by atoms with E-state index in [1.807, 2.05) is 12.1 Å². The Morgan fingerprint density at radius 2 is 2.25 bits per heavy atom. The Morgan fingerprint density at radius 3 is 2.81 bits per heavy atom. The van der Waals surface area contributed by atoms with Gasteiger partial charge in [-0.1, -0.05) is 18.2 Å². The summed E-state index contributed by atoms with van der Waals surface area (Å²) < 4.78 is 5.29. The molecule has 0 fully saturated rings. The van der Waals surface area contributed by atoms with E-state index in [1.165, 1.54) is 0 Å². The molecule has 1 aromatic heterocycles. The van der Waals surface area contributed by atoms with Crippen LogP contribution < -0.4 is 10.5 Å². The summed E-state index contributed by atoms with van der Waals surface area (Å²) in [5.74, 6) is 1.10. The maximum atomic E-state index is 9.21. The van der Waals surface area contributed by atoms with Gasteiger partial charge in [0.25, 0.3) is 0 Å². The molecule has 0 aliphatic rings. The Balaban J connectivity index is 2.61. The number of ether oxygens (including phenoxy) is 1. The highest BCUT2D eigenvalue weighted by atomic mass is 16.5. The van der Waals surface area contributed by atoms with Crippen LogP contribution in [0, 0.1) is 0 Å². The second kappa shape index (κ2) is 4.24. The van der Waals surface area contributed by atoms with E-state index in [2.05, 4.69) is 10.2 Å². The number of nitrogens with two attached hydrogens (primary N) is 1. The highest BCUT2D eigenvalue weighted by Gasteiger charge is 2.13. The number of para-hydroxylation sites is 1. The molecule has 0 bridgehead atoms. The van der Waals surface area contributed by atoms with E-state index in [0.717, 1.165) is 16.7 Å². The number of aromatic nitrogens is 2.